The van der Waals surface area contributed by atoms with E-state index in [1.807, 2.05) is 12.1 Å². The summed E-state index contributed by atoms with van der Waals surface area (Å²) >= 11 is 0. The standard InChI is InChI=1S/C15H22NO4/c1-16(10-15(17)20-4)6-5-11-7-13(18-2)14(19-3)8-12(11)9-16/h7-8H,5-6,9-10H2,1-4H3/q+1. The Labute approximate surface area is 119 Å². The Bertz CT molecular complexity index is 515. The van der Waals surface area contributed by atoms with E-state index in [4.69, 9.17) is 14.2 Å². The summed E-state index contributed by atoms with van der Waals surface area (Å²) in [6.45, 7) is 2.10. The average Bonchev–Trinajstić information content (AvgIpc) is 2.45. The molecule has 5 heteroatoms. The van der Waals surface area contributed by atoms with Crippen molar-refractivity contribution in [3.05, 3.63) is 23.3 Å². The number of rotatable bonds is 4. The Balaban J connectivity index is 2.27. The van der Waals surface area contributed by atoms with Crippen LogP contribution < -0.4 is 9.47 Å². The van der Waals surface area contributed by atoms with E-state index in [1.54, 1.807) is 14.2 Å². The van der Waals surface area contributed by atoms with Crippen LogP contribution in [0, 0.1) is 0 Å². The number of quaternary nitrogens is 1. The van der Waals surface area contributed by atoms with E-state index >= 15 is 0 Å². The summed E-state index contributed by atoms with van der Waals surface area (Å²) in [5.74, 6) is 1.32. The van der Waals surface area contributed by atoms with Crippen molar-refractivity contribution in [3.8, 4) is 11.5 Å². The highest BCUT2D eigenvalue weighted by atomic mass is 16.5. The average molecular weight is 280 g/mol. The van der Waals surface area contributed by atoms with Crippen LogP contribution in [0.3, 0.4) is 0 Å². The Morgan fingerprint density at radius 3 is 2.30 bits per heavy atom. The van der Waals surface area contributed by atoms with Crippen LogP contribution in [0.25, 0.3) is 0 Å². The second-order valence-electron chi connectivity index (χ2n) is 5.46. The molecule has 0 saturated heterocycles. The minimum Gasteiger partial charge on any atom is -0.493 e. The molecule has 0 aromatic heterocycles. The summed E-state index contributed by atoms with van der Waals surface area (Å²) in [4.78, 5) is 11.5. The van der Waals surface area contributed by atoms with Gasteiger partial charge in [0.1, 0.15) is 6.54 Å². The Kier molecular flexibility index (Phi) is 4.18. The number of hydrogen-bond acceptors (Lipinski definition) is 4. The second kappa shape index (κ2) is 5.71. The second-order valence-corrected chi connectivity index (χ2v) is 5.46. The molecule has 0 amide bonds. The number of esters is 1. The number of nitrogens with zero attached hydrogens (tertiary/aromatic N) is 1. The zero-order valence-electron chi connectivity index (χ0n) is 12.6. The number of likely N-dealkylation sites (N-methyl/N-ethyl adjacent to an activating group) is 1. The third kappa shape index (κ3) is 2.88. The van der Waals surface area contributed by atoms with Gasteiger partial charge in [-0.2, -0.15) is 0 Å². The number of carbonyl (C=O) groups excluding carboxylic acids is 1. The molecule has 0 aliphatic carbocycles. The highest BCUT2D eigenvalue weighted by Crippen LogP contribution is 2.34. The van der Waals surface area contributed by atoms with Crippen LogP contribution >= 0.6 is 0 Å². The van der Waals surface area contributed by atoms with Gasteiger partial charge in [-0.3, -0.25) is 0 Å². The monoisotopic (exact) mass is 280 g/mol. The van der Waals surface area contributed by atoms with Gasteiger partial charge in [0.05, 0.1) is 34.9 Å². The fraction of sp³-hybridized carbons (Fsp3) is 0.533. The highest BCUT2D eigenvalue weighted by Gasteiger charge is 2.32. The van der Waals surface area contributed by atoms with Gasteiger partial charge >= 0.3 is 5.97 Å². The van der Waals surface area contributed by atoms with Crippen molar-refractivity contribution in [2.75, 3.05) is 41.5 Å². The lowest BCUT2D eigenvalue weighted by molar-refractivity contribution is -0.917. The fourth-order valence-electron chi connectivity index (χ4n) is 2.73. The smallest absolute Gasteiger partial charge is 0.361 e. The topological polar surface area (TPSA) is 44.8 Å². The van der Waals surface area contributed by atoms with Gasteiger partial charge < -0.3 is 18.7 Å². The van der Waals surface area contributed by atoms with Crippen LogP contribution in [-0.2, 0) is 22.5 Å². The number of benzene rings is 1. The molecule has 1 aromatic carbocycles. The largest absolute Gasteiger partial charge is 0.493 e. The molecule has 20 heavy (non-hydrogen) atoms. The van der Waals surface area contributed by atoms with Crippen LogP contribution in [0.1, 0.15) is 11.1 Å². The maximum Gasteiger partial charge on any atom is 0.361 e. The summed E-state index contributed by atoms with van der Waals surface area (Å²) in [5, 5.41) is 0. The molecule has 110 valence electrons. The fourth-order valence-corrected chi connectivity index (χ4v) is 2.73. The Hall–Kier alpha value is -1.75. The van der Waals surface area contributed by atoms with Gasteiger partial charge in [0.25, 0.3) is 0 Å². The predicted octanol–water partition coefficient (Wildman–Crippen LogP) is 1.38. The molecule has 0 N–H and O–H groups in total. The van der Waals surface area contributed by atoms with E-state index in [1.165, 1.54) is 18.2 Å². The van der Waals surface area contributed by atoms with Crippen LogP contribution in [0.15, 0.2) is 12.1 Å². The maximum atomic E-state index is 11.5. The van der Waals surface area contributed by atoms with Gasteiger partial charge in [0, 0.05) is 12.0 Å². The van der Waals surface area contributed by atoms with Crippen molar-refractivity contribution in [1.29, 1.82) is 0 Å². The van der Waals surface area contributed by atoms with E-state index in [9.17, 15) is 4.79 Å². The molecule has 1 unspecified atom stereocenters. The molecule has 1 aromatic rings. The molecular formula is C15H22NO4+. The first-order valence-corrected chi connectivity index (χ1v) is 6.65. The van der Waals surface area contributed by atoms with Gasteiger partial charge in [0.2, 0.25) is 0 Å². The summed E-state index contributed by atoms with van der Waals surface area (Å²) in [6.07, 6.45) is 0.920. The van der Waals surface area contributed by atoms with Crippen molar-refractivity contribution in [2.24, 2.45) is 0 Å². The molecule has 1 heterocycles. The Morgan fingerprint density at radius 1 is 1.15 bits per heavy atom. The summed E-state index contributed by atoms with van der Waals surface area (Å²) in [7, 11) is 6.79. The van der Waals surface area contributed by atoms with E-state index in [0.717, 1.165) is 31.0 Å². The van der Waals surface area contributed by atoms with E-state index in [0.29, 0.717) is 11.0 Å². The molecule has 0 bridgehead atoms. The first-order valence-electron chi connectivity index (χ1n) is 6.65. The number of fused-ring (bicyclic) bond motifs is 1. The lowest BCUT2D eigenvalue weighted by Crippen LogP contribution is -2.50. The van der Waals surface area contributed by atoms with E-state index < -0.39 is 0 Å². The van der Waals surface area contributed by atoms with Crippen LogP contribution in [-0.4, -0.2) is 51.9 Å². The quantitative estimate of drug-likeness (QED) is 0.617. The lowest BCUT2D eigenvalue weighted by atomic mass is 9.97. The zero-order chi connectivity index (χ0) is 14.8. The maximum absolute atomic E-state index is 11.5. The number of methoxy groups -OCH3 is 3. The van der Waals surface area contributed by atoms with E-state index in [2.05, 4.69) is 7.05 Å². The van der Waals surface area contributed by atoms with Gasteiger partial charge in [-0.1, -0.05) is 0 Å². The highest BCUT2D eigenvalue weighted by molar-refractivity contribution is 5.70. The van der Waals surface area contributed by atoms with Crippen molar-refractivity contribution in [1.82, 2.24) is 0 Å². The number of hydrogen-bond donors (Lipinski definition) is 0. The minimum absolute atomic E-state index is 0.170. The van der Waals surface area contributed by atoms with Gasteiger partial charge in [-0.15, -0.1) is 0 Å². The molecule has 0 saturated carbocycles. The number of carbonyl (C=O) groups is 1. The van der Waals surface area contributed by atoms with Crippen LogP contribution in [0.4, 0.5) is 0 Å². The van der Waals surface area contributed by atoms with Gasteiger partial charge in [-0.05, 0) is 17.7 Å². The third-order valence-electron chi connectivity index (χ3n) is 3.92. The minimum atomic E-state index is -0.170. The molecule has 1 aliphatic heterocycles. The van der Waals surface area contributed by atoms with Crippen LogP contribution in [0.5, 0.6) is 11.5 Å². The van der Waals surface area contributed by atoms with Crippen LogP contribution in [0.2, 0.25) is 0 Å². The van der Waals surface area contributed by atoms with Crippen molar-refractivity contribution in [2.45, 2.75) is 13.0 Å². The lowest BCUT2D eigenvalue weighted by Gasteiger charge is -2.37. The Morgan fingerprint density at radius 2 is 1.75 bits per heavy atom. The first kappa shape index (κ1) is 14.7. The molecular weight excluding hydrogens is 258 g/mol. The molecule has 0 fully saturated rings. The van der Waals surface area contributed by atoms with Gasteiger partial charge in [-0.25, -0.2) is 4.79 Å². The predicted molar refractivity (Wildman–Crippen MR) is 74.9 cm³/mol. The van der Waals surface area contributed by atoms with Gasteiger partial charge in [0.15, 0.2) is 18.0 Å². The molecule has 0 radical (unpaired) electrons. The van der Waals surface area contributed by atoms with Crippen molar-refractivity contribution in [3.63, 3.8) is 0 Å². The molecule has 1 aliphatic rings. The summed E-state index contributed by atoms with van der Waals surface area (Å²) in [6, 6.07) is 4.05. The molecule has 1 atom stereocenters. The number of ether oxygens (including phenoxy) is 3. The third-order valence-corrected chi connectivity index (χ3v) is 3.92. The first-order chi connectivity index (χ1) is 9.51. The van der Waals surface area contributed by atoms with Crippen molar-refractivity contribution >= 4 is 5.97 Å². The zero-order valence-corrected chi connectivity index (χ0v) is 12.6. The molecule has 0 spiro atoms. The molecule has 2 rings (SSSR count). The summed E-state index contributed by atoms with van der Waals surface area (Å²) < 4.78 is 16.1. The SMILES string of the molecule is COC(=O)C[N+]1(C)CCc2cc(OC)c(OC)cc2C1. The normalized spacial score (nSPS) is 21.0. The summed E-state index contributed by atoms with van der Waals surface area (Å²) in [5.41, 5.74) is 2.48. The molecule has 5 nitrogen and oxygen atoms in total. The van der Waals surface area contributed by atoms with Crippen molar-refractivity contribution < 1.29 is 23.5 Å². The van der Waals surface area contributed by atoms with E-state index in [-0.39, 0.29) is 5.97 Å².